The van der Waals surface area contributed by atoms with Crippen molar-refractivity contribution in [1.29, 1.82) is 0 Å². The summed E-state index contributed by atoms with van der Waals surface area (Å²) in [5.74, 6) is 0.00381. The molecule has 1 fully saturated rings. The van der Waals surface area contributed by atoms with Crippen LogP contribution in [-0.2, 0) is 14.8 Å². The molecule has 1 aromatic rings. The molecule has 0 spiro atoms. The largest absolute Gasteiger partial charge is 0.343 e. The number of rotatable bonds is 5. The number of aromatic nitrogens is 2. The van der Waals surface area contributed by atoms with E-state index in [0.717, 1.165) is 25.9 Å². The molecule has 0 saturated carbocycles. The Balaban J connectivity index is 1.85. The molecule has 1 saturated heterocycles. The zero-order valence-electron chi connectivity index (χ0n) is 10.8. The highest BCUT2D eigenvalue weighted by Gasteiger charge is 2.20. The van der Waals surface area contributed by atoms with E-state index in [4.69, 9.17) is 0 Å². The Morgan fingerprint density at radius 1 is 1.47 bits per heavy atom. The number of carbonyl (C=O) groups is 1. The number of hydrogen-bond acceptors (Lipinski definition) is 4. The van der Waals surface area contributed by atoms with E-state index in [1.54, 1.807) is 11.8 Å². The summed E-state index contributed by atoms with van der Waals surface area (Å²) in [5.41, 5.74) is 0.485. The van der Waals surface area contributed by atoms with Crippen LogP contribution in [0.4, 0.5) is 0 Å². The Kier molecular flexibility index (Phi) is 4.20. The van der Waals surface area contributed by atoms with E-state index in [0.29, 0.717) is 5.69 Å². The molecule has 2 heterocycles. The first-order chi connectivity index (χ1) is 9.00. The molecular formula is C11H18N4O3S. The number of carbonyl (C=O) groups excluding carboxylic acids is 1. The minimum atomic E-state index is -3.58. The monoisotopic (exact) mass is 286 g/mol. The number of amides is 1. The van der Waals surface area contributed by atoms with Crippen molar-refractivity contribution in [2.24, 2.45) is 0 Å². The van der Waals surface area contributed by atoms with E-state index in [-0.39, 0.29) is 23.8 Å². The molecule has 0 aliphatic carbocycles. The number of nitrogens with one attached hydrogen (secondary N) is 2. The normalized spacial score (nSPS) is 15.9. The van der Waals surface area contributed by atoms with E-state index in [1.807, 2.05) is 0 Å². The van der Waals surface area contributed by atoms with Crippen LogP contribution < -0.4 is 4.72 Å². The summed E-state index contributed by atoms with van der Waals surface area (Å²) >= 11 is 0. The molecule has 0 bridgehead atoms. The average Bonchev–Trinajstić information content (AvgIpc) is 2.98. The first-order valence-corrected chi connectivity index (χ1v) is 7.76. The van der Waals surface area contributed by atoms with Crippen molar-refractivity contribution in [1.82, 2.24) is 19.8 Å². The molecule has 1 amide bonds. The average molecular weight is 286 g/mol. The van der Waals surface area contributed by atoms with Crippen molar-refractivity contribution in [3.05, 3.63) is 11.9 Å². The maximum atomic E-state index is 11.9. The molecule has 0 unspecified atom stereocenters. The summed E-state index contributed by atoms with van der Waals surface area (Å²) in [6.45, 7) is 3.32. The number of hydrogen-bond donors (Lipinski definition) is 2. The Labute approximate surface area is 112 Å². The topological polar surface area (TPSA) is 95.2 Å². The highest BCUT2D eigenvalue weighted by molar-refractivity contribution is 7.89. The molecule has 8 heteroatoms. The third-order valence-electron chi connectivity index (χ3n) is 3.16. The quantitative estimate of drug-likeness (QED) is 0.797. The molecule has 7 nitrogen and oxygen atoms in total. The fraction of sp³-hybridized carbons (Fsp3) is 0.636. The lowest BCUT2D eigenvalue weighted by molar-refractivity contribution is -0.129. The van der Waals surface area contributed by atoms with Crippen molar-refractivity contribution in [2.45, 2.75) is 31.1 Å². The van der Waals surface area contributed by atoms with E-state index in [9.17, 15) is 13.2 Å². The lowest BCUT2D eigenvalue weighted by Crippen LogP contribution is -2.32. The Morgan fingerprint density at radius 3 is 2.74 bits per heavy atom. The molecule has 0 radical (unpaired) electrons. The smallest absolute Gasteiger partial charge is 0.243 e. The van der Waals surface area contributed by atoms with E-state index >= 15 is 0 Å². The van der Waals surface area contributed by atoms with Gasteiger partial charge in [0.05, 0.1) is 11.9 Å². The van der Waals surface area contributed by atoms with Crippen LogP contribution in [0.3, 0.4) is 0 Å². The van der Waals surface area contributed by atoms with Gasteiger partial charge in [0, 0.05) is 26.1 Å². The first-order valence-electron chi connectivity index (χ1n) is 6.28. The Morgan fingerprint density at radius 2 is 2.16 bits per heavy atom. The summed E-state index contributed by atoms with van der Waals surface area (Å²) in [7, 11) is -3.58. The van der Waals surface area contributed by atoms with Crippen LogP contribution in [0.25, 0.3) is 0 Å². The van der Waals surface area contributed by atoms with Gasteiger partial charge in [-0.3, -0.25) is 9.89 Å². The summed E-state index contributed by atoms with van der Waals surface area (Å²) in [6.07, 6.45) is 3.52. The molecule has 1 aliphatic heterocycles. The first kappa shape index (κ1) is 14.0. The SMILES string of the molecule is Cc1[nH]ncc1S(=O)(=O)NCCC(=O)N1CCCC1. The molecule has 2 rings (SSSR count). The fourth-order valence-electron chi connectivity index (χ4n) is 2.11. The standard InChI is InChI=1S/C11H18N4O3S/c1-9-10(8-12-14-9)19(17,18)13-5-4-11(16)15-6-2-3-7-15/h8,13H,2-7H2,1H3,(H,12,14). The predicted molar refractivity (Wildman–Crippen MR) is 68.9 cm³/mol. The maximum absolute atomic E-state index is 11.9. The van der Waals surface area contributed by atoms with Gasteiger partial charge in [-0.25, -0.2) is 13.1 Å². The number of likely N-dealkylation sites (tertiary alicyclic amines) is 1. The maximum Gasteiger partial charge on any atom is 0.243 e. The number of aromatic amines is 1. The lowest BCUT2D eigenvalue weighted by atomic mass is 10.4. The zero-order chi connectivity index (χ0) is 13.9. The van der Waals surface area contributed by atoms with Crippen LogP contribution in [0.15, 0.2) is 11.1 Å². The van der Waals surface area contributed by atoms with Gasteiger partial charge in [-0.05, 0) is 19.8 Å². The van der Waals surface area contributed by atoms with Gasteiger partial charge in [0.25, 0.3) is 0 Å². The molecule has 2 N–H and O–H groups in total. The highest BCUT2D eigenvalue weighted by Crippen LogP contribution is 2.11. The summed E-state index contributed by atoms with van der Waals surface area (Å²) in [4.78, 5) is 13.7. The fourth-order valence-corrected chi connectivity index (χ4v) is 3.27. The second-order valence-electron chi connectivity index (χ2n) is 4.59. The van der Waals surface area contributed by atoms with Crippen LogP contribution in [0.2, 0.25) is 0 Å². The van der Waals surface area contributed by atoms with Gasteiger partial charge in [0.2, 0.25) is 15.9 Å². The summed E-state index contributed by atoms with van der Waals surface area (Å²) < 4.78 is 26.3. The van der Waals surface area contributed by atoms with Gasteiger partial charge in [0.1, 0.15) is 4.90 Å². The molecule has 19 heavy (non-hydrogen) atoms. The summed E-state index contributed by atoms with van der Waals surface area (Å²) in [6, 6.07) is 0. The molecule has 0 aromatic carbocycles. The number of sulfonamides is 1. The predicted octanol–water partition coefficient (Wildman–Crippen LogP) is 0.00892. The van der Waals surface area contributed by atoms with Crippen LogP contribution >= 0.6 is 0 Å². The zero-order valence-corrected chi connectivity index (χ0v) is 11.7. The van der Waals surface area contributed by atoms with Crippen LogP contribution in [0.1, 0.15) is 25.0 Å². The van der Waals surface area contributed by atoms with Crippen molar-refractivity contribution >= 4 is 15.9 Å². The highest BCUT2D eigenvalue weighted by atomic mass is 32.2. The number of aryl methyl sites for hydroxylation is 1. The lowest BCUT2D eigenvalue weighted by Gasteiger charge is -2.15. The molecule has 106 valence electrons. The molecular weight excluding hydrogens is 268 g/mol. The minimum absolute atomic E-state index is 0.00381. The van der Waals surface area contributed by atoms with Crippen LogP contribution in [-0.4, -0.2) is 49.1 Å². The van der Waals surface area contributed by atoms with Gasteiger partial charge in [-0.2, -0.15) is 5.10 Å². The van der Waals surface area contributed by atoms with Gasteiger partial charge in [-0.15, -0.1) is 0 Å². The summed E-state index contributed by atoms with van der Waals surface area (Å²) in [5, 5.41) is 6.25. The van der Waals surface area contributed by atoms with Crippen molar-refractivity contribution in [2.75, 3.05) is 19.6 Å². The third-order valence-corrected chi connectivity index (χ3v) is 4.74. The second-order valence-corrected chi connectivity index (χ2v) is 6.33. The molecule has 1 aromatic heterocycles. The Hall–Kier alpha value is -1.41. The molecule has 1 aliphatic rings. The van der Waals surface area contributed by atoms with Gasteiger partial charge in [-0.1, -0.05) is 0 Å². The van der Waals surface area contributed by atoms with E-state index in [1.165, 1.54) is 6.20 Å². The van der Waals surface area contributed by atoms with Crippen molar-refractivity contribution in [3.8, 4) is 0 Å². The van der Waals surface area contributed by atoms with Crippen molar-refractivity contribution in [3.63, 3.8) is 0 Å². The minimum Gasteiger partial charge on any atom is -0.343 e. The number of nitrogens with zero attached hydrogens (tertiary/aromatic N) is 2. The second kappa shape index (κ2) is 5.70. The van der Waals surface area contributed by atoms with Crippen LogP contribution in [0, 0.1) is 6.92 Å². The van der Waals surface area contributed by atoms with Gasteiger partial charge in [0.15, 0.2) is 0 Å². The van der Waals surface area contributed by atoms with Crippen molar-refractivity contribution < 1.29 is 13.2 Å². The third kappa shape index (κ3) is 3.32. The van der Waals surface area contributed by atoms with E-state index in [2.05, 4.69) is 14.9 Å². The molecule has 0 atom stereocenters. The Bertz CT molecular complexity index is 546. The van der Waals surface area contributed by atoms with Gasteiger partial charge < -0.3 is 4.90 Å². The van der Waals surface area contributed by atoms with Crippen LogP contribution in [0.5, 0.6) is 0 Å². The van der Waals surface area contributed by atoms with E-state index < -0.39 is 10.0 Å². The number of H-pyrrole nitrogens is 1. The van der Waals surface area contributed by atoms with Gasteiger partial charge >= 0.3 is 0 Å².